The van der Waals surface area contributed by atoms with Crippen LogP contribution < -0.4 is 10.6 Å². The van der Waals surface area contributed by atoms with Gasteiger partial charge < -0.3 is 10.6 Å². The van der Waals surface area contributed by atoms with E-state index in [-0.39, 0.29) is 5.91 Å². The highest BCUT2D eigenvalue weighted by atomic mass is 16.1. The van der Waals surface area contributed by atoms with Crippen LogP contribution in [0.25, 0.3) is 0 Å². The van der Waals surface area contributed by atoms with Gasteiger partial charge in [-0.3, -0.25) is 4.79 Å². The first kappa shape index (κ1) is 15.8. The fraction of sp³-hybridized carbons (Fsp3) is 0.941. The summed E-state index contributed by atoms with van der Waals surface area (Å²) in [4.78, 5) is 12.0. The van der Waals surface area contributed by atoms with E-state index in [9.17, 15) is 4.79 Å². The third-order valence-electron chi connectivity index (χ3n) is 5.20. The Morgan fingerprint density at radius 1 is 0.900 bits per heavy atom. The van der Waals surface area contributed by atoms with Crippen molar-refractivity contribution in [2.24, 2.45) is 5.92 Å². The highest BCUT2D eigenvalue weighted by molar-refractivity contribution is 5.78. The maximum Gasteiger partial charge on any atom is 0.234 e. The molecule has 2 saturated carbocycles. The molecule has 116 valence electrons. The van der Waals surface area contributed by atoms with Gasteiger partial charge in [-0.15, -0.1) is 0 Å². The molecule has 1 amide bonds. The smallest absolute Gasteiger partial charge is 0.234 e. The molecule has 0 atom stereocenters. The summed E-state index contributed by atoms with van der Waals surface area (Å²) in [5, 5.41) is 6.68. The van der Waals surface area contributed by atoms with E-state index in [1.165, 1.54) is 70.6 Å². The van der Waals surface area contributed by atoms with E-state index in [0.29, 0.717) is 18.6 Å². The van der Waals surface area contributed by atoms with E-state index in [2.05, 4.69) is 17.6 Å². The number of hydrogen-bond donors (Lipinski definition) is 2. The summed E-state index contributed by atoms with van der Waals surface area (Å²) >= 11 is 0. The van der Waals surface area contributed by atoms with Crippen molar-refractivity contribution in [1.29, 1.82) is 0 Å². The van der Waals surface area contributed by atoms with Crippen LogP contribution >= 0.6 is 0 Å². The molecule has 0 spiro atoms. The van der Waals surface area contributed by atoms with Gasteiger partial charge in [-0.05, 0) is 44.4 Å². The second-order valence-corrected chi connectivity index (χ2v) is 6.76. The van der Waals surface area contributed by atoms with E-state index in [1.54, 1.807) is 0 Å². The SMILES string of the molecule is CCC1CCC(NCC(=O)NC2CCCCCC2)CC1. The topological polar surface area (TPSA) is 41.1 Å². The summed E-state index contributed by atoms with van der Waals surface area (Å²) < 4.78 is 0. The van der Waals surface area contributed by atoms with Gasteiger partial charge >= 0.3 is 0 Å². The Kier molecular flexibility index (Phi) is 6.85. The van der Waals surface area contributed by atoms with Gasteiger partial charge in [0.25, 0.3) is 0 Å². The van der Waals surface area contributed by atoms with Crippen molar-refractivity contribution in [3.05, 3.63) is 0 Å². The third kappa shape index (κ3) is 5.43. The molecule has 0 heterocycles. The van der Waals surface area contributed by atoms with Crippen LogP contribution in [0.3, 0.4) is 0 Å². The molecule has 0 aromatic heterocycles. The Morgan fingerprint density at radius 2 is 1.55 bits per heavy atom. The van der Waals surface area contributed by atoms with Gasteiger partial charge in [0.05, 0.1) is 6.54 Å². The van der Waals surface area contributed by atoms with Crippen LogP contribution in [0.4, 0.5) is 0 Å². The molecule has 0 unspecified atom stereocenters. The number of rotatable bonds is 5. The number of nitrogens with one attached hydrogen (secondary N) is 2. The number of carbonyl (C=O) groups is 1. The van der Waals surface area contributed by atoms with Crippen molar-refractivity contribution < 1.29 is 4.79 Å². The molecule has 2 aliphatic carbocycles. The molecule has 2 N–H and O–H groups in total. The van der Waals surface area contributed by atoms with Crippen molar-refractivity contribution in [2.45, 2.75) is 89.6 Å². The Hall–Kier alpha value is -0.570. The Morgan fingerprint density at radius 3 is 2.15 bits per heavy atom. The maximum absolute atomic E-state index is 12.0. The molecule has 0 aromatic rings. The van der Waals surface area contributed by atoms with Gasteiger partial charge in [0.15, 0.2) is 0 Å². The minimum atomic E-state index is 0.203. The standard InChI is InChI=1S/C17H32N2O/c1-2-14-9-11-15(12-10-14)18-13-17(20)19-16-7-5-3-4-6-8-16/h14-16,18H,2-13H2,1H3,(H,19,20). The van der Waals surface area contributed by atoms with Crippen LogP contribution in [-0.2, 0) is 4.79 Å². The molecule has 0 radical (unpaired) electrons. The molecule has 2 fully saturated rings. The van der Waals surface area contributed by atoms with Gasteiger partial charge in [0.2, 0.25) is 5.91 Å². The lowest BCUT2D eigenvalue weighted by Crippen LogP contribution is -2.44. The summed E-state index contributed by atoms with van der Waals surface area (Å²) in [5.41, 5.74) is 0. The van der Waals surface area contributed by atoms with Crippen molar-refractivity contribution in [3.63, 3.8) is 0 Å². The zero-order chi connectivity index (χ0) is 14.2. The number of carbonyl (C=O) groups excluding carboxylic acids is 1. The fourth-order valence-electron chi connectivity index (χ4n) is 3.71. The van der Waals surface area contributed by atoms with Gasteiger partial charge in [0.1, 0.15) is 0 Å². The Bertz CT molecular complexity index is 277. The average molecular weight is 280 g/mol. The van der Waals surface area contributed by atoms with Gasteiger partial charge in [0, 0.05) is 12.1 Å². The lowest BCUT2D eigenvalue weighted by molar-refractivity contribution is -0.121. The summed E-state index contributed by atoms with van der Waals surface area (Å²) in [6, 6.07) is 1.00. The predicted octanol–water partition coefficient (Wildman–Crippen LogP) is 3.38. The molecule has 2 rings (SSSR count). The normalized spacial score (nSPS) is 28.9. The van der Waals surface area contributed by atoms with E-state index >= 15 is 0 Å². The monoisotopic (exact) mass is 280 g/mol. The maximum atomic E-state index is 12.0. The molecular weight excluding hydrogens is 248 g/mol. The van der Waals surface area contributed by atoms with Crippen LogP contribution in [0.15, 0.2) is 0 Å². The van der Waals surface area contributed by atoms with Crippen LogP contribution in [-0.4, -0.2) is 24.5 Å². The Balaban J connectivity index is 1.60. The lowest BCUT2D eigenvalue weighted by atomic mass is 9.84. The lowest BCUT2D eigenvalue weighted by Gasteiger charge is -2.28. The molecule has 0 aliphatic heterocycles. The van der Waals surface area contributed by atoms with Crippen LogP contribution in [0, 0.1) is 5.92 Å². The van der Waals surface area contributed by atoms with Crippen molar-refractivity contribution in [3.8, 4) is 0 Å². The van der Waals surface area contributed by atoms with Crippen LogP contribution in [0.2, 0.25) is 0 Å². The molecule has 0 bridgehead atoms. The van der Waals surface area contributed by atoms with E-state index < -0.39 is 0 Å². The Labute approximate surface area is 124 Å². The van der Waals surface area contributed by atoms with E-state index in [1.807, 2.05) is 0 Å². The summed E-state index contributed by atoms with van der Waals surface area (Å²) in [7, 11) is 0. The second-order valence-electron chi connectivity index (χ2n) is 6.76. The molecule has 20 heavy (non-hydrogen) atoms. The van der Waals surface area contributed by atoms with Crippen molar-refractivity contribution in [1.82, 2.24) is 10.6 Å². The molecule has 3 nitrogen and oxygen atoms in total. The minimum absolute atomic E-state index is 0.203. The van der Waals surface area contributed by atoms with Gasteiger partial charge in [-0.2, -0.15) is 0 Å². The zero-order valence-electron chi connectivity index (χ0n) is 13.1. The second kappa shape index (κ2) is 8.66. The fourth-order valence-corrected chi connectivity index (χ4v) is 3.71. The van der Waals surface area contributed by atoms with Gasteiger partial charge in [-0.25, -0.2) is 0 Å². The highest BCUT2D eigenvalue weighted by Crippen LogP contribution is 2.26. The van der Waals surface area contributed by atoms with Crippen LogP contribution in [0.1, 0.15) is 77.6 Å². The molecule has 0 saturated heterocycles. The van der Waals surface area contributed by atoms with Crippen molar-refractivity contribution in [2.75, 3.05) is 6.54 Å². The molecule has 3 heteroatoms. The van der Waals surface area contributed by atoms with Crippen LogP contribution in [0.5, 0.6) is 0 Å². The number of hydrogen-bond acceptors (Lipinski definition) is 2. The largest absolute Gasteiger partial charge is 0.352 e. The summed E-state index contributed by atoms with van der Waals surface area (Å²) in [6.07, 6.45) is 14.0. The first-order chi connectivity index (χ1) is 9.78. The quantitative estimate of drug-likeness (QED) is 0.758. The summed E-state index contributed by atoms with van der Waals surface area (Å²) in [6.45, 7) is 2.80. The molecule has 2 aliphatic rings. The van der Waals surface area contributed by atoms with E-state index in [0.717, 1.165) is 5.92 Å². The van der Waals surface area contributed by atoms with E-state index in [4.69, 9.17) is 0 Å². The van der Waals surface area contributed by atoms with Gasteiger partial charge in [-0.1, -0.05) is 39.0 Å². The molecular formula is C17H32N2O. The predicted molar refractivity (Wildman–Crippen MR) is 83.7 cm³/mol. The third-order valence-corrected chi connectivity index (χ3v) is 5.20. The minimum Gasteiger partial charge on any atom is -0.352 e. The highest BCUT2D eigenvalue weighted by Gasteiger charge is 2.20. The van der Waals surface area contributed by atoms with Crippen molar-refractivity contribution >= 4 is 5.91 Å². The zero-order valence-corrected chi connectivity index (χ0v) is 13.1. The first-order valence-corrected chi connectivity index (χ1v) is 8.80. The number of amides is 1. The summed E-state index contributed by atoms with van der Waals surface area (Å²) in [5.74, 6) is 1.13. The molecule has 0 aromatic carbocycles. The average Bonchev–Trinajstić information content (AvgIpc) is 2.74. The first-order valence-electron chi connectivity index (χ1n) is 8.80.